The zero-order valence-electron chi connectivity index (χ0n) is 10.8. The standard InChI is InChI=1S/C13H15BrN2O3/c1-3-13-15-12(16-19-13)7-18-11-6-9(14)4-5-10(11)8(2)17/h4-6,8,17H,3,7H2,1-2H3. The summed E-state index contributed by atoms with van der Waals surface area (Å²) in [6.07, 6.45) is 0.0996. The molecule has 5 nitrogen and oxygen atoms in total. The highest BCUT2D eigenvalue weighted by Gasteiger charge is 2.11. The molecular weight excluding hydrogens is 312 g/mol. The molecule has 2 rings (SSSR count). The van der Waals surface area contributed by atoms with Crippen LogP contribution in [0.3, 0.4) is 0 Å². The average molecular weight is 327 g/mol. The largest absolute Gasteiger partial charge is 0.485 e. The van der Waals surface area contributed by atoms with Gasteiger partial charge in [-0.25, -0.2) is 0 Å². The van der Waals surface area contributed by atoms with Crippen LogP contribution in [0.2, 0.25) is 0 Å². The van der Waals surface area contributed by atoms with Crippen LogP contribution in [0.15, 0.2) is 27.2 Å². The second-order valence-electron chi connectivity index (χ2n) is 4.10. The normalized spacial score (nSPS) is 12.4. The summed E-state index contributed by atoms with van der Waals surface area (Å²) in [6.45, 7) is 3.84. The van der Waals surface area contributed by atoms with Gasteiger partial charge in [-0.2, -0.15) is 4.98 Å². The van der Waals surface area contributed by atoms with Gasteiger partial charge in [0.15, 0.2) is 6.61 Å². The summed E-state index contributed by atoms with van der Waals surface area (Å²) < 4.78 is 11.5. The summed E-state index contributed by atoms with van der Waals surface area (Å²) >= 11 is 3.38. The summed E-state index contributed by atoms with van der Waals surface area (Å²) in [5, 5.41) is 13.5. The molecule has 6 heteroatoms. The smallest absolute Gasteiger partial charge is 0.226 e. The summed E-state index contributed by atoms with van der Waals surface area (Å²) in [6, 6.07) is 5.49. The van der Waals surface area contributed by atoms with Gasteiger partial charge in [0.25, 0.3) is 0 Å². The van der Waals surface area contributed by atoms with E-state index in [1.807, 2.05) is 25.1 Å². The Hall–Kier alpha value is -1.40. The summed E-state index contributed by atoms with van der Waals surface area (Å²) in [4.78, 5) is 4.16. The number of aliphatic hydroxyl groups excluding tert-OH is 1. The Morgan fingerprint density at radius 3 is 2.89 bits per heavy atom. The van der Waals surface area contributed by atoms with Gasteiger partial charge in [0.1, 0.15) is 5.75 Å². The predicted molar refractivity (Wildman–Crippen MR) is 72.8 cm³/mol. The third-order valence-electron chi connectivity index (χ3n) is 2.60. The summed E-state index contributed by atoms with van der Waals surface area (Å²) in [5.41, 5.74) is 0.724. The van der Waals surface area contributed by atoms with Crippen LogP contribution in [0, 0.1) is 0 Å². The van der Waals surface area contributed by atoms with Gasteiger partial charge in [0, 0.05) is 16.5 Å². The van der Waals surface area contributed by atoms with E-state index < -0.39 is 6.10 Å². The molecular formula is C13H15BrN2O3. The molecule has 1 N–H and O–H groups in total. The summed E-state index contributed by atoms with van der Waals surface area (Å²) in [7, 11) is 0. The Labute approximate surface area is 119 Å². The first-order valence-electron chi connectivity index (χ1n) is 6.02. The monoisotopic (exact) mass is 326 g/mol. The first-order valence-corrected chi connectivity index (χ1v) is 6.81. The van der Waals surface area contributed by atoms with Crippen molar-refractivity contribution in [2.75, 3.05) is 0 Å². The molecule has 0 aliphatic rings. The van der Waals surface area contributed by atoms with Gasteiger partial charge >= 0.3 is 0 Å². The molecule has 1 unspecified atom stereocenters. The van der Waals surface area contributed by atoms with Crippen LogP contribution in [0.25, 0.3) is 0 Å². The molecule has 0 amide bonds. The van der Waals surface area contributed by atoms with Gasteiger partial charge in [0.2, 0.25) is 11.7 Å². The fraction of sp³-hybridized carbons (Fsp3) is 0.385. The first-order chi connectivity index (χ1) is 9.10. The SMILES string of the molecule is CCc1nc(COc2cc(Br)ccc2C(C)O)no1. The van der Waals surface area contributed by atoms with Gasteiger partial charge in [-0.1, -0.05) is 34.1 Å². The molecule has 1 aromatic carbocycles. The number of halogens is 1. The lowest BCUT2D eigenvalue weighted by Gasteiger charge is -2.12. The number of hydrogen-bond donors (Lipinski definition) is 1. The number of aromatic nitrogens is 2. The van der Waals surface area contributed by atoms with Crippen LogP contribution in [0.1, 0.15) is 37.2 Å². The Bertz CT molecular complexity index is 555. The Morgan fingerprint density at radius 2 is 2.26 bits per heavy atom. The molecule has 0 bridgehead atoms. The van der Waals surface area contributed by atoms with Crippen molar-refractivity contribution in [3.63, 3.8) is 0 Å². The van der Waals surface area contributed by atoms with E-state index >= 15 is 0 Å². The maximum Gasteiger partial charge on any atom is 0.226 e. The molecule has 1 aromatic heterocycles. The van der Waals surface area contributed by atoms with E-state index in [1.54, 1.807) is 6.92 Å². The minimum Gasteiger partial charge on any atom is -0.485 e. The maximum atomic E-state index is 9.69. The highest BCUT2D eigenvalue weighted by molar-refractivity contribution is 9.10. The highest BCUT2D eigenvalue weighted by atomic mass is 79.9. The number of nitrogens with zero attached hydrogens (tertiary/aromatic N) is 2. The second-order valence-corrected chi connectivity index (χ2v) is 5.02. The van der Waals surface area contributed by atoms with Gasteiger partial charge in [0.05, 0.1) is 6.10 Å². The van der Waals surface area contributed by atoms with E-state index in [0.29, 0.717) is 23.9 Å². The van der Waals surface area contributed by atoms with Gasteiger partial charge in [-0.3, -0.25) is 0 Å². The van der Waals surface area contributed by atoms with E-state index in [1.165, 1.54) is 0 Å². The van der Waals surface area contributed by atoms with Gasteiger partial charge < -0.3 is 14.4 Å². The molecule has 2 aromatic rings. The molecule has 102 valence electrons. The maximum absolute atomic E-state index is 9.69. The third kappa shape index (κ3) is 3.54. The van der Waals surface area contributed by atoms with Crippen LogP contribution in [0.5, 0.6) is 5.75 Å². The minimum absolute atomic E-state index is 0.208. The van der Waals surface area contributed by atoms with Crippen molar-refractivity contribution in [1.82, 2.24) is 10.1 Å². The Kier molecular flexibility index (Phi) is 4.55. The quantitative estimate of drug-likeness (QED) is 0.914. The van der Waals surface area contributed by atoms with E-state index in [9.17, 15) is 5.11 Å². The fourth-order valence-electron chi connectivity index (χ4n) is 1.61. The van der Waals surface area contributed by atoms with Crippen molar-refractivity contribution >= 4 is 15.9 Å². The molecule has 0 radical (unpaired) electrons. The average Bonchev–Trinajstić information content (AvgIpc) is 2.84. The fourth-order valence-corrected chi connectivity index (χ4v) is 1.95. The number of aliphatic hydroxyl groups is 1. The van der Waals surface area contributed by atoms with Crippen LogP contribution in [0.4, 0.5) is 0 Å². The van der Waals surface area contributed by atoms with Crippen LogP contribution in [-0.4, -0.2) is 15.2 Å². The van der Waals surface area contributed by atoms with Crippen molar-refractivity contribution < 1.29 is 14.4 Å². The van der Waals surface area contributed by atoms with E-state index in [2.05, 4.69) is 26.1 Å². The van der Waals surface area contributed by atoms with Crippen molar-refractivity contribution in [1.29, 1.82) is 0 Å². The number of hydrogen-bond acceptors (Lipinski definition) is 5. The molecule has 0 saturated heterocycles. The van der Waals surface area contributed by atoms with Crippen LogP contribution in [-0.2, 0) is 13.0 Å². The molecule has 0 fully saturated rings. The molecule has 0 saturated carbocycles. The number of ether oxygens (including phenoxy) is 1. The Balaban J connectivity index is 2.12. The second kappa shape index (κ2) is 6.16. The van der Waals surface area contributed by atoms with Crippen LogP contribution >= 0.6 is 15.9 Å². The molecule has 0 aliphatic carbocycles. The molecule has 0 aliphatic heterocycles. The minimum atomic E-state index is -0.598. The Morgan fingerprint density at radius 1 is 1.47 bits per heavy atom. The van der Waals surface area contributed by atoms with E-state index in [4.69, 9.17) is 9.26 Å². The van der Waals surface area contributed by atoms with E-state index in [-0.39, 0.29) is 6.61 Å². The molecule has 0 spiro atoms. The third-order valence-corrected chi connectivity index (χ3v) is 3.09. The lowest BCUT2D eigenvalue weighted by atomic mass is 10.1. The zero-order valence-corrected chi connectivity index (χ0v) is 12.3. The van der Waals surface area contributed by atoms with Gasteiger partial charge in [-0.15, -0.1) is 0 Å². The molecule has 19 heavy (non-hydrogen) atoms. The van der Waals surface area contributed by atoms with Crippen molar-refractivity contribution in [3.8, 4) is 5.75 Å². The molecule has 1 atom stereocenters. The molecule has 1 heterocycles. The topological polar surface area (TPSA) is 68.4 Å². The summed E-state index contributed by atoms with van der Waals surface area (Å²) in [5.74, 6) is 1.68. The van der Waals surface area contributed by atoms with Gasteiger partial charge in [-0.05, 0) is 19.1 Å². The predicted octanol–water partition coefficient (Wildman–Crippen LogP) is 3.03. The number of benzene rings is 1. The zero-order chi connectivity index (χ0) is 13.8. The number of aryl methyl sites for hydroxylation is 1. The van der Waals surface area contributed by atoms with Crippen molar-refractivity contribution in [2.45, 2.75) is 33.0 Å². The first kappa shape index (κ1) is 14.0. The van der Waals surface area contributed by atoms with Crippen molar-refractivity contribution in [2.24, 2.45) is 0 Å². The van der Waals surface area contributed by atoms with Crippen molar-refractivity contribution in [3.05, 3.63) is 40.0 Å². The lowest BCUT2D eigenvalue weighted by molar-refractivity contribution is 0.189. The lowest BCUT2D eigenvalue weighted by Crippen LogP contribution is -2.02. The number of rotatable bonds is 5. The van der Waals surface area contributed by atoms with E-state index in [0.717, 1.165) is 10.0 Å². The highest BCUT2D eigenvalue weighted by Crippen LogP contribution is 2.29. The van der Waals surface area contributed by atoms with Crippen LogP contribution < -0.4 is 4.74 Å².